The summed E-state index contributed by atoms with van der Waals surface area (Å²) in [6, 6.07) is 10.4. The van der Waals surface area contributed by atoms with Crippen LogP contribution in [-0.2, 0) is 0 Å². The van der Waals surface area contributed by atoms with Crippen molar-refractivity contribution in [3.05, 3.63) is 42.2 Å². The minimum Gasteiger partial charge on any atom is -0.504 e. The van der Waals surface area contributed by atoms with Crippen molar-refractivity contribution >= 4 is 18.3 Å². The highest BCUT2D eigenvalue weighted by atomic mass is 35.5. The van der Waals surface area contributed by atoms with E-state index in [1.165, 1.54) is 12.6 Å². The molecule has 128 valence electrons. The summed E-state index contributed by atoms with van der Waals surface area (Å²) in [5, 5.41) is 18.0. The van der Waals surface area contributed by atoms with Crippen molar-refractivity contribution < 1.29 is 9.90 Å². The van der Waals surface area contributed by atoms with Gasteiger partial charge in [0.25, 0.3) is 5.91 Å². The summed E-state index contributed by atoms with van der Waals surface area (Å²) < 4.78 is 1.55. The largest absolute Gasteiger partial charge is 0.504 e. The Kier molecular flexibility index (Phi) is 4.78. The Morgan fingerprint density at radius 1 is 1.17 bits per heavy atom. The Bertz CT molecular complexity index is 719. The molecule has 2 aliphatic heterocycles. The molecule has 2 fully saturated rings. The van der Waals surface area contributed by atoms with Crippen LogP contribution >= 0.6 is 12.4 Å². The van der Waals surface area contributed by atoms with Crippen LogP contribution in [0.5, 0.6) is 5.75 Å². The lowest BCUT2D eigenvalue weighted by atomic mass is 10.1. The van der Waals surface area contributed by atoms with E-state index in [-0.39, 0.29) is 29.8 Å². The minimum absolute atomic E-state index is 0. The molecule has 2 atom stereocenters. The van der Waals surface area contributed by atoms with Crippen LogP contribution in [0.25, 0.3) is 5.69 Å². The number of benzene rings is 1. The van der Waals surface area contributed by atoms with Gasteiger partial charge in [-0.2, -0.15) is 5.10 Å². The van der Waals surface area contributed by atoms with Crippen LogP contribution in [0.1, 0.15) is 29.8 Å². The van der Waals surface area contributed by atoms with Crippen molar-refractivity contribution in [3.8, 4) is 11.4 Å². The summed E-state index contributed by atoms with van der Waals surface area (Å²) in [6.45, 7) is 1.40. The van der Waals surface area contributed by atoms with Gasteiger partial charge in [0.1, 0.15) is 0 Å². The number of nitrogens with zero attached hydrogens (tertiary/aromatic N) is 3. The van der Waals surface area contributed by atoms with Gasteiger partial charge in [-0.3, -0.25) is 4.79 Å². The fraction of sp³-hybridized carbons (Fsp3) is 0.412. The van der Waals surface area contributed by atoms with Gasteiger partial charge in [-0.25, -0.2) is 4.68 Å². The number of halogens is 1. The van der Waals surface area contributed by atoms with Gasteiger partial charge in [0, 0.05) is 25.2 Å². The third-order valence-electron chi connectivity index (χ3n) is 4.73. The molecular formula is C17H21ClN4O2. The molecule has 1 aromatic heterocycles. The summed E-state index contributed by atoms with van der Waals surface area (Å²) in [5.74, 6) is -0.257. The van der Waals surface area contributed by atoms with E-state index in [1.807, 2.05) is 35.2 Å². The molecule has 0 saturated carbocycles. The number of hydrogen-bond donors (Lipinski definition) is 2. The number of aromatic nitrogens is 2. The van der Waals surface area contributed by atoms with Crippen molar-refractivity contribution in [3.63, 3.8) is 0 Å². The molecule has 4 rings (SSSR count). The zero-order valence-corrected chi connectivity index (χ0v) is 14.1. The van der Waals surface area contributed by atoms with Crippen LogP contribution in [-0.4, -0.2) is 50.9 Å². The van der Waals surface area contributed by atoms with Crippen LogP contribution in [0.2, 0.25) is 0 Å². The maximum atomic E-state index is 12.8. The summed E-state index contributed by atoms with van der Waals surface area (Å²) in [4.78, 5) is 14.6. The number of nitrogens with one attached hydrogen (secondary N) is 1. The molecule has 2 saturated heterocycles. The molecule has 2 aromatic rings. The van der Waals surface area contributed by atoms with Gasteiger partial charge in [-0.15, -0.1) is 12.4 Å². The van der Waals surface area contributed by atoms with Crippen molar-refractivity contribution in [2.24, 2.45) is 0 Å². The third-order valence-corrected chi connectivity index (χ3v) is 4.73. The van der Waals surface area contributed by atoms with E-state index in [0.717, 1.165) is 18.5 Å². The van der Waals surface area contributed by atoms with Crippen molar-refractivity contribution in [2.45, 2.75) is 31.3 Å². The number of amides is 1. The number of para-hydroxylation sites is 1. The number of fused-ring (bicyclic) bond motifs is 2. The molecule has 6 nitrogen and oxygen atoms in total. The maximum absolute atomic E-state index is 12.8. The average molecular weight is 349 g/mol. The zero-order valence-electron chi connectivity index (χ0n) is 13.3. The van der Waals surface area contributed by atoms with E-state index >= 15 is 0 Å². The topological polar surface area (TPSA) is 70.4 Å². The highest BCUT2D eigenvalue weighted by Crippen LogP contribution is 2.24. The highest BCUT2D eigenvalue weighted by Gasteiger charge is 2.33. The predicted molar refractivity (Wildman–Crippen MR) is 92.9 cm³/mol. The predicted octanol–water partition coefficient (Wildman–Crippen LogP) is 1.97. The molecular weight excluding hydrogens is 328 g/mol. The molecule has 0 aliphatic carbocycles. The summed E-state index contributed by atoms with van der Waals surface area (Å²) in [7, 11) is 0. The number of aromatic hydroxyl groups is 1. The fourth-order valence-corrected chi connectivity index (χ4v) is 3.51. The first-order valence-corrected chi connectivity index (χ1v) is 8.10. The molecule has 2 aliphatic rings. The number of carbonyl (C=O) groups excluding carboxylic acids is 1. The van der Waals surface area contributed by atoms with E-state index < -0.39 is 0 Å². The second kappa shape index (κ2) is 6.83. The Labute approximate surface area is 146 Å². The van der Waals surface area contributed by atoms with E-state index in [1.54, 1.807) is 4.68 Å². The van der Waals surface area contributed by atoms with Crippen molar-refractivity contribution in [1.82, 2.24) is 20.0 Å². The molecule has 24 heavy (non-hydrogen) atoms. The van der Waals surface area contributed by atoms with E-state index in [4.69, 9.17) is 0 Å². The first-order chi connectivity index (χ1) is 11.2. The van der Waals surface area contributed by atoms with Crippen LogP contribution in [0.4, 0.5) is 0 Å². The van der Waals surface area contributed by atoms with Gasteiger partial charge in [0.05, 0.1) is 11.9 Å². The molecule has 1 aromatic carbocycles. The summed E-state index contributed by atoms with van der Waals surface area (Å²) in [5.41, 5.74) is 0.949. The smallest absolute Gasteiger partial charge is 0.278 e. The third kappa shape index (κ3) is 3.12. The lowest BCUT2D eigenvalue weighted by molar-refractivity contribution is 0.0739. The lowest BCUT2D eigenvalue weighted by Gasteiger charge is -2.23. The summed E-state index contributed by atoms with van der Waals surface area (Å²) >= 11 is 0. The number of likely N-dealkylation sites (tertiary alicyclic amines) is 1. The molecule has 1 amide bonds. The molecule has 2 bridgehead atoms. The highest BCUT2D eigenvalue weighted by molar-refractivity contribution is 5.95. The molecule has 0 spiro atoms. The second-order valence-corrected chi connectivity index (χ2v) is 6.32. The maximum Gasteiger partial charge on any atom is 0.278 e. The summed E-state index contributed by atoms with van der Waals surface area (Å²) in [6.07, 6.45) is 4.76. The second-order valence-electron chi connectivity index (χ2n) is 6.32. The minimum atomic E-state index is -0.188. The molecule has 0 radical (unpaired) electrons. The molecule has 7 heteroatoms. The van der Waals surface area contributed by atoms with E-state index in [0.29, 0.717) is 25.2 Å². The van der Waals surface area contributed by atoms with E-state index in [2.05, 4.69) is 10.4 Å². The van der Waals surface area contributed by atoms with Crippen molar-refractivity contribution in [2.75, 3.05) is 13.1 Å². The van der Waals surface area contributed by atoms with Gasteiger partial charge < -0.3 is 15.3 Å². The standard InChI is InChI=1S/C17H20N4O2.ClH/c22-15-11-21(14-4-2-1-3-5-14)19-16(15)17(23)20-9-8-12-6-7-13(10-20)18-12;/h1-5,11-13,18,22H,6-10H2;1H. The zero-order chi connectivity index (χ0) is 15.8. The van der Waals surface area contributed by atoms with Gasteiger partial charge in [0.2, 0.25) is 0 Å². The number of carbonyl (C=O) groups is 1. The lowest BCUT2D eigenvalue weighted by Crippen LogP contribution is -2.39. The van der Waals surface area contributed by atoms with Crippen LogP contribution < -0.4 is 5.32 Å². The molecule has 2 unspecified atom stereocenters. The van der Waals surface area contributed by atoms with Crippen LogP contribution in [0, 0.1) is 0 Å². The quantitative estimate of drug-likeness (QED) is 0.870. The molecule has 3 heterocycles. The Morgan fingerprint density at radius 3 is 2.71 bits per heavy atom. The van der Waals surface area contributed by atoms with E-state index in [9.17, 15) is 9.90 Å². The number of hydrogen-bond acceptors (Lipinski definition) is 4. The fourth-order valence-electron chi connectivity index (χ4n) is 3.51. The Balaban J connectivity index is 0.00000169. The van der Waals surface area contributed by atoms with Crippen LogP contribution in [0.15, 0.2) is 36.5 Å². The molecule has 2 N–H and O–H groups in total. The van der Waals surface area contributed by atoms with Gasteiger partial charge in [-0.05, 0) is 31.4 Å². The monoisotopic (exact) mass is 348 g/mol. The average Bonchev–Trinajstić information content (AvgIpc) is 3.10. The normalized spacial score (nSPS) is 22.8. The Hall–Kier alpha value is -2.05. The van der Waals surface area contributed by atoms with Gasteiger partial charge in [-0.1, -0.05) is 18.2 Å². The Morgan fingerprint density at radius 2 is 1.92 bits per heavy atom. The number of rotatable bonds is 2. The first kappa shape index (κ1) is 16.8. The van der Waals surface area contributed by atoms with Crippen molar-refractivity contribution in [1.29, 1.82) is 0 Å². The van der Waals surface area contributed by atoms with Gasteiger partial charge >= 0.3 is 0 Å². The van der Waals surface area contributed by atoms with Crippen LogP contribution in [0.3, 0.4) is 0 Å². The first-order valence-electron chi connectivity index (χ1n) is 8.10. The van der Waals surface area contributed by atoms with Gasteiger partial charge in [0.15, 0.2) is 11.4 Å². The SMILES string of the molecule is Cl.O=C(c1nn(-c2ccccc2)cc1O)N1CCC2CCC(C1)N2.